The van der Waals surface area contributed by atoms with Crippen molar-refractivity contribution in [3.8, 4) is 5.75 Å². The minimum atomic E-state index is -1.19. The van der Waals surface area contributed by atoms with Crippen LogP contribution in [0.3, 0.4) is 0 Å². The average molecular weight is 447 g/mol. The Morgan fingerprint density at radius 1 is 1.04 bits per heavy atom. The molecule has 8 nitrogen and oxygen atoms in total. The normalized spacial score (nSPS) is 12.8. The Morgan fingerprint density at radius 3 is 2.43 bits per heavy atom. The molecule has 1 heterocycles. The SMILES string of the molecule is O=C(CCCN1C(=O)c2ccc(Br)cc2C1=O)Nc1ccc(C(=O)O)cc1O. The molecule has 2 aromatic rings. The molecule has 0 unspecified atom stereocenters. The number of aromatic hydroxyl groups is 1. The van der Waals surface area contributed by atoms with E-state index >= 15 is 0 Å². The molecule has 0 saturated heterocycles. The predicted molar refractivity (Wildman–Crippen MR) is 102 cm³/mol. The zero-order valence-corrected chi connectivity index (χ0v) is 16.0. The lowest BCUT2D eigenvalue weighted by atomic mass is 10.1. The van der Waals surface area contributed by atoms with E-state index in [4.69, 9.17) is 5.11 Å². The number of fused-ring (bicyclic) bond motifs is 1. The lowest BCUT2D eigenvalue weighted by Crippen LogP contribution is -2.31. The number of phenols is 1. The van der Waals surface area contributed by atoms with Crippen molar-refractivity contribution in [2.24, 2.45) is 0 Å². The number of nitrogens with one attached hydrogen (secondary N) is 1. The summed E-state index contributed by atoms with van der Waals surface area (Å²) in [5, 5.41) is 21.1. The summed E-state index contributed by atoms with van der Waals surface area (Å²) in [6.07, 6.45) is 0.254. The topological polar surface area (TPSA) is 124 Å². The highest BCUT2D eigenvalue weighted by Gasteiger charge is 2.35. The molecule has 0 fully saturated rings. The zero-order chi connectivity index (χ0) is 20.4. The highest BCUT2D eigenvalue weighted by molar-refractivity contribution is 9.10. The molecule has 0 saturated carbocycles. The fourth-order valence-corrected chi connectivity index (χ4v) is 3.21. The lowest BCUT2D eigenvalue weighted by Gasteiger charge is -2.13. The second-order valence-corrected chi connectivity index (χ2v) is 7.06. The van der Waals surface area contributed by atoms with Gasteiger partial charge in [-0.05, 0) is 42.8 Å². The number of phenolic OH excluding ortho intramolecular Hbond substituents is 1. The van der Waals surface area contributed by atoms with Crippen LogP contribution in [0.1, 0.15) is 43.9 Å². The monoisotopic (exact) mass is 446 g/mol. The van der Waals surface area contributed by atoms with Crippen molar-refractivity contribution in [1.82, 2.24) is 4.90 Å². The van der Waals surface area contributed by atoms with E-state index in [0.29, 0.717) is 15.6 Å². The molecule has 0 spiro atoms. The smallest absolute Gasteiger partial charge is 0.335 e. The van der Waals surface area contributed by atoms with E-state index in [1.807, 2.05) is 0 Å². The van der Waals surface area contributed by atoms with Crippen molar-refractivity contribution in [2.75, 3.05) is 11.9 Å². The number of carboxylic acids is 1. The fraction of sp³-hybridized carbons (Fsp3) is 0.158. The molecule has 1 aliphatic heterocycles. The Kier molecular flexibility index (Phi) is 5.46. The minimum absolute atomic E-state index is 0.0111. The first kappa shape index (κ1) is 19.6. The number of rotatable bonds is 6. The summed E-state index contributed by atoms with van der Waals surface area (Å²) in [7, 11) is 0. The van der Waals surface area contributed by atoms with Gasteiger partial charge < -0.3 is 15.5 Å². The molecule has 3 rings (SSSR count). The summed E-state index contributed by atoms with van der Waals surface area (Å²) in [4.78, 5) is 48.7. The fourth-order valence-electron chi connectivity index (χ4n) is 2.85. The van der Waals surface area contributed by atoms with Crippen LogP contribution in [-0.2, 0) is 4.79 Å². The Hall–Kier alpha value is -3.20. The second kappa shape index (κ2) is 7.81. The van der Waals surface area contributed by atoms with Crippen LogP contribution in [0, 0.1) is 0 Å². The maximum atomic E-state index is 12.4. The van der Waals surface area contributed by atoms with Gasteiger partial charge in [0.1, 0.15) is 5.75 Å². The first-order valence-electron chi connectivity index (χ1n) is 8.30. The third kappa shape index (κ3) is 3.89. The number of anilines is 1. The van der Waals surface area contributed by atoms with Crippen molar-refractivity contribution in [1.29, 1.82) is 0 Å². The van der Waals surface area contributed by atoms with E-state index in [9.17, 15) is 24.3 Å². The molecule has 0 aliphatic carbocycles. The summed E-state index contributed by atoms with van der Waals surface area (Å²) in [5.74, 6) is -2.78. The molecule has 1 aliphatic rings. The minimum Gasteiger partial charge on any atom is -0.506 e. The summed E-state index contributed by atoms with van der Waals surface area (Å²) < 4.78 is 0.697. The number of benzene rings is 2. The van der Waals surface area contributed by atoms with Gasteiger partial charge in [0.15, 0.2) is 0 Å². The van der Waals surface area contributed by atoms with Crippen LogP contribution in [0.25, 0.3) is 0 Å². The van der Waals surface area contributed by atoms with Crippen LogP contribution in [0.15, 0.2) is 40.9 Å². The van der Waals surface area contributed by atoms with E-state index in [1.54, 1.807) is 18.2 Å². The molecule has 144 valence electrons. The van der Waals surface area contributed by atoms with E-state index in [-0.39, 0.29) is 36.4 Å². The number of amides is 3. The van der Waals surface area contributed by atoms with Crippen molar-refractivity contribution >= 4 is 45.3 Å². The second-order valence-electron chi connectivity index (χ2n) is 6.14. The number of carbonyl (C=O) groups is 4. The Labute approximate surface area is 167 Å². The quantitative estimate of drug-likeness (QED) is 0.462. The summed E-state index contributed by atoms with van der Waals surface area (Å²) >= 11 is 3.27. The van der Waals surface area contributed by atoms with Crippen molar-refractivity contribution in [2.45, 2.75) is 12.8 Å². The van der Waals surface area contributed by atoms with Gasteiger partial charge in [0.2, 0.25) is 5.91 Å². The molecule has 2 aromatic carbocycles. The van der Waals surface area contributed by atoms with Crippen LogP contribution in [0.4, 0.5) is 5.69 Å². The highest BCUT2D eigenvalue weighted by Crippen LogP contribution is 2.27. The molecule has 0 atom stereocenters. The number of hydrogen-bond donors (Lipinski definition) is 3. The summed E-state index contributed by atoms with van der Waals surface area (Å²) in [6.45, 7) is 0.0846. The number of hydrogen-bond acceptors (Lipinski definition) is 5. The third-order valence-electron chi connectivity index (χ3n) is 4.24. The van der Waals surface area contributed by atoms with Gasteiger partial charge in [-0.25, -0.2) is 4.79 Å². The maximum Gasteiger partial charge on any atom is 0.335 e. The van der Waals surface area contributed by atoms with Crippen molar-refractivity contribution in [3.05, 3.63) is 57.6 Å². The van der Waals surface area contributed by atoms with Crippen LogP contribution in [0.5, 0.6) is 5.75 Å². The standard InChI is InChI=1S/C19H15BrN2O6/c20-11-4-5-12-13(9-11)18(26)22(17(12)25)7-1-2-16(24)21-14-6-3-10(19(27)28)8-15(14)23/h3-6,8-9,23H,1-2,7H2,(H,21,24)(H,27,28). The Bertz CT molecular complexity index is 1000. The van der Waals surface area contributed by atoms with Crippen molar-refractivity contribution in [3.63, 3.8) is 0 Å². The first-order valence-corrected chi connectivity index (χ1v) is 9.09. The number of carboxylic acid groups (broad SMARTS) is 1. The molecule has 0 aromatic heterocycles. The zero-order valence-electron chi connectivity index (χ0n) is 14.4. The summed E-state index contributed by atoms with van der Waals surface area (Å²) in [5.41, 5.74) is 0.640. The van der Waals surface area contributed by atoms with Gasteiger partial charge in [0.05, 0.1) is 22.4 Å². The van der Waals surface area contributed by atoms with Crippen LogP contribution in [-0.4, -0.2) is 45.3 Å². The first-order chi connectivity index (χ1) is 13.3. The van der Waals surface area contributed by atoms with Crippen LogP contribution >= 0.6 is 15.9 Å². The number of halogens is 1. The van der Waals surface area contributed by atoms with Gasteiger partial charge in [0, 0.05) is 17.4 Å². The maximum absolute atomic E-state index is 12.4. The summed E-state index contributed by atoms with van der Waals surface area (Å²) in [6, 6.07) is 8.44. The molecule has 0 bridgehead atoms. The Morgan fingerprint density at radius 2 is 1.75 bits per heavy atom. The largest absolute Gasteiger partial charge is 0.506 e. The van der Waals surface area contributed by atoms with Gasteiger partial charge in [-0.2, -0.15) is 0 Å². The number of nitrogens with zero attached hydrogens (tertiary/aromatic N) is 1. The van der Waals surface area contributed by atoms with Gasteiger partial charge in [-0.15, -0.1) is 0 Å². The van der Waals surface area contributed by atoms with E-state index < -0.39 is 23.7 Å². The molecule has 0 radical (unpaired) electrons. The molecular formula is C19H15BrN2O6. The lowest BCUT2D eigenvalue weighted by molar-refractivity contribution is -0.116. The average Bonchev–Trinajstić information content (AvgIpc) is 2.87. The van der Waals surface area contributed by atoms with Gasteiger partial charge in [0.25, 0.3) is 11.8 Å². The number of carbonyl (C=O) groups excluding carboxylic acids is 3. The third-order valence-corrected chi connectivity index (χ3v) is 4.73. The molecular weight excluding hydrogens is 432 g/mol. The highest BCUT2D eigenvalue weighted by atomic mass is 79.9. The van der Waals surface area contributed by atoms with E-state index in [2.05, 4.69) is 21.2 Å². The van der Waals surface area contributed by atoms with Crippen molar-refractivity contribution < 1.29 is 29.4 Å². The van der Waals surface area contributed by atoms with Gasteiger partial charge >= 0.3 is 5.97 Å². The predicted octanol–water partition coefficient (Wildman–Crippen LogP) is 2.87. The molecule has 3 N–H and O–H groups in total. The van der Waals surface area contributed by atoms with Gasteiger partial charge in [-0.3, -0.25) is 19.3 Å². The van der Waals surface area contributed by atoms with E-state index in [1.165, 1.54) is 12.1 Å². The van der Waals surface area contributed by atoms with Crippen LogP contribution in [0.2, 0.25) is 0 Å². The number of aromatic carboxylic acids is 1. The molecule has 3 amide bonds. The Balaban J connectivity index is 1.56. The molecule has 9 heteroatoms. The van der Waals surface area contributed by atoms with Crippen LogP contribution < -0.4 is 5.32 Å². The number of imide groups is 1. The molecule has 28 heavy (non-hydrogen) atoms. The van der Waals surface area contributed by atoms with Gasteiger partial charge in [-0.1, -0.05) is 15.9 Å². The van der Waals surface area contributed by atoms with E-state index in [0.717, 1.165) is 11.0 Å².